The molecule has 1 aliphatic heterocycles. The minimum atomic E-state index is -0.799. The summed E-state index contributed by atoms with van der Waals surface area (Å²) in [6.07, 6.45) is 2.31. The number of halogens is 1. The second kappa shape index (κ2) is 4.82. The van der Waals surface area contributed by atoms with Gasteiger partial charge in [-0.2, -0.15) is 0 Å². The van der Waals surface area contributed by atoms with E-state index < -0.39 is 11.5 Å². The van der Waals surface area contributed by atoms with Crippen molar-refractivity contribution in [3.05, 3.63) is 22.6 Å². The fourth-order valence-corrected chi connectivity index (χ4v) is 2.77. The lowest BCUT2D eigenvalue weighted by Crippen LogP contribution is -2.43. The summed E-state index contributed by atoms with van der Waals surface area (Å²) in [6.45, 7) is 3.81. The number of carboxylic acids is 1. The molecule has 17 heavy (non-hydrogen) atoms. The highest BCUT2D eigenvalue weighted by Crippen LogP contribution is 2.36. The third-order valence-electron chi connectivity index (χ3n) is 3.40. The first-order valence-electron chi connectivity index (χ1n) is 5.75. The van der Waals surface area contributed by atoms with Crippen LogP contribution in [0.25, 0.3) is 0 Å². The molecule has 2 rings (SSSR count). The zero-order valence-corrected chi connectivity index (χ0v) is 11.4. The number of furan rings is 1. The van der Waals surface area contributed by atoms with E-state index in [0.29, 0.717) is 10.4 Å². The average molecular weight is 302 g/mol. The molecule has 1 N–H and O–H groups in total. The molecule has 1 aromatic rings. The fourth-order valence-electron chi connectivity index (χ4n) is 2.46. The Bertz CT molecular complexity index is 412. The van der Waals surface area contributed by atoms with Gasteiger partial charge in [0.05, 0.1) is 12.0 Å². The van der Waals surface area contributed by atoms with E-state index in [9.17, 15) is 4.79 Å². The van der Waals surface area contributed by atoms with Gasteiger partial charge in [0, 0.05) is 0 Å². The molecule has 1 unspecified atom stereocenters. The standard InChI is InChI=1S/C12H16BrNO3/c1-12(8-11(15)16,14-6-2-3-7-14)9-4-5-10(13)17-9/h4-5H,2-3,6-8H2,1H3,(H,15,16). The highest BCUT2D eigenvalue weighted by Gasteiger charge is 2.40. The van der Waals surface area contributed by atoms with Gasteiger partial charge in [0.25, 0.3) is 0 Å². The Kier molecular flexibility index (Phi) is 3.58. The molecule has 0 aliphatic carbocycles. The van der Waals surface area contributed by atoms with Gasteiger partial charge in [0.15, 0.2) is 4.67 Å². The quantitative estimate of drug-likeness (QED) is 0.929. The lowest BCUT2D eigenvalue weighted by Gasteiger charge is -2.35. The summed E-state index contributed by atoms with van der Waals surface area (Å²) in [5, 5.41) is 9.10. The number of rotatable bonds is 4. The van der Waals surface area contributed by atoms with Crippen molar-refractivity contribution >= 4 is 21.9 Å². The van der Waals surface area contributed by atoms with Gasteiger partial charge < -0.3 is 9.52 Å². The zero-order valence-electron chi connectivity index (χ0n) is 9.78. The van der Waals surface area contributed by atoms with Gasteiger partial charge in [0.2, 0.25) is 0 Å². The Morgan fingerprint density at radius 3 is 2.65 bits per heavy atom. The largest absolute Gasteiger partial charge is 0.481 e. The first kappa shape index (κ1) is 12.6. The Morgan fingerprint density at radius 2 is 2.18 bits per heavy atom. The predicted molar refractivity (Wildman–Crippen MR) is 66.8 cm³/mol. The summed E-state index contributed by atoms with van der Waals surface area (Å²) in [5.41, 5.74) is -0.547. The van der Waals surface area contributed by atoms with Crippen molar-refractivity contribution in [2.45, 2.75) is 31.7 Å². The Labute approximate surface area is 109 Å². The summed E-state index contributed by atoms with van der Waals surface area (Å²) in [7, 11) is 0. The first-order chi connectivity index (χ1) is 8.02. The van der Waals surface area contributed by atoms with Gasteiger partial charge in [-0.05, 0) is 60.9 Å². The van der Waals surface area contributed by atoms with Crippen LogP contribution in [0, 0.1) is 0 Å². The monoisotopic (exact) mass is 301 g/mol. The third-order valence-corrected chi connectivity index (χ3v) is 3.83. The Morgan fingerprint density at radius 1 is 1.53 bits per heavy atom. The minimum Gasteiger partial charge on any atom is -0.481 e. The predicted octanol–water partition coefficient (Wildman–Crippen LogP) is 2.83. The van der Waals surface area contributed by atoms with E-state index in [0.717, 1.165) is 25.9 Å². The fraction of sp³-hybridized carbons (Fsp3) is 0.583. The van der Waals surface area contributed by atoms with Crippen LogP contribution in [0.2, 0.25) is 0 Å². The first-order valence-corrected chi connectivity index (χ1v) is 6.54. The van der Waals surface area contributed by atoms with Crippen molar-refractivity contribution in [2.75, 3.05) is 13.1 Å². The van der Waals surface area contributed by atoms with E-state index in [1.807, 2.05) is 19.1 Å². The number of hydrogen-bond donors (Lipinski definition) is 1. The minimum absolute atomic E-state index is 0.0625. The maximum atomic E-state index is 11.1. The van der Waals surface area contributed by atoms with Crippen LogP contribution >= 0.6 is 15.9 Å². The molecule has 1 fully saturated rings. The summed E-state index contributed by atoms with van der Waals surface area (Å²) in [4.78, 5) is 13.3. The Hall–Kier alpha value is -0.810. The van der Waals surface area contributed by atoms with Gasteiger partial charge in [-0.25, -0.2) is 0 Å². The van der Waals surface area contributed by atoms with Crippen molar-refractivity contribution in [2.24, 2.45) is 0 Å². The maximum Gasteiger partial charge on any atom is 0.305 e. The van der Waals surface area contributed by atoms with Crippen LogP contribution in [0.1, 0.15) is 31.9 Å². The molecule has 1 aromatic heterocycles. The van der Waals surface area contributed by atoms with Gasteiger partial charge in [0.1, 0.15) is 5.76 Å². The normalized spacial score (nSPS) is 20.4. The van der Waals surface area contributed by atoms with Crippen LogP contribution in [-0.2, 0) is 10.3 Å². The molecule has 0 saturated carbocycles. The van der Waals surface area contributed by atoms with Crippen LogP contribution in [0.3, 0.4) is 0 Å². The second-order valence-corrected chi connectivity index (χ2v) is 5.42. The molecule has 0 spiro atoms. The van der Waals surface area contributed by atoms with Crippen molar-refractivity contribution in [1.29, 1.82) is 0 Å². The molecule has 5 heteroatoms. The zero-order chi connectivity index (χ0) is 12.5. The van der Waals surface area contributed by atoms with E-state index in [1.165, 1.54) is 0 Å². The Balaban J connectivity index is 2.31. The van der Waals surface area contributed by atoms with Crippen LogP contribution in [0.4, 0.5) is 0 Å². The number of hydrogen-bond acceptors (Lipinski definition) is 3. The summed E-state index contributed by atoms with van der Waals surface area (Å²) >= 11 is 3.27. The molecule has 2 heterocycles. The molecule has 1 aliphatic rings. The third kappa shape index (κ3) is 2.55. The number of carboxylic acid groups (broad SMARTS) is 1. The highest BCUT2D eigenvalue weighted by molar-refractivity contribution is 9.10. The van der Waals surface area contributed by atoms with Crippen molar-refractivity contribution in [1.82, 2.24) is 4.90 Å². The van der Waals surface area contributed by atoms with E-state index >= 15 is 0 Å². The SMILES string of the molecule is CC(CC(=O)O)(c1ccc(Br)o1)N1CCCC1. The van der Waals surface area contributed by atoms with Crippen LogP contribution in [0.15, 0.2) is 21.2 Å². The number of nitrogens with zero attached hydrogens (tertiary/aromatic N) is 1. The maximum absolute atomic E-state index is 11.1. The van der Waals surface area contributed by atoms with Gasteiger partial charge in [-0.1, -0.05) is 0 Å². The lowest BCUT2D eigenvalue weighted by molar-refractivity contribution is -0.140. The molecule has 1 atom stereocenters. The molecule has 0 aromatic carbocycles. The molecule has 0 bridgehead atoms. The molecule has 0 amide bonds. The van der Waals surface area contributed by atoms with E-state index in [-0.39, 0.29) is 6.42 Å². The molecule has 1 saturated heterocycles. The topological polar surface area (TPSA) is 53.7 Å². The van der Waals surface area contributed by atoms with Gasteiger partial charge >= 0.3 is 5.97 Å². The van der Waals surface area contributed by atoms with E-state index in [1.54, 1.807) is 0 Å². The molecule has 4 nitrogen and oxygen atoms in total. The summed E-state index contributed by atoms with van der Waals surface area (Å²) in [5.74, 6) is -0.0828. The van der Waals surface area contributed by atoms with E-state index in [4.69, 9.17) is 9.52 Å². The van der Waals surface area contributed by atoms with Crippen LogP contribution in [0.5, 0.6) is 0 Å². The number of aliphatic carboxylic acids is 1. The average Bonchev–Trinajstić information content (AvgIpc) is 2.85. The van der Waals surface area contributed by atoms with Gasteiger partial charge in [-0.15, -0.1) is 0 Å². The van der Waals surface area contributed by atoms with Crippen molar-refractivity contribution < 1.29 is 14.3 Å². The number of likely N-dealkylation sites (tertiary alicyclic amines) is 1. The molecule has 94 valence electrons. The smallest absolute Gasteiger partial charge is 0.305 e. The summed E-state index contributed by atoms with van der Waals surface area (Å²) in [6, 6.07) is 3.66. The van der Waals surface area contributed by atoms with Gasteiger partial charge in [-0.3, -0.25) is 9.69 Å². The molecular formula is C12H16BrNO3. The lowest BCUT2D eigenvalue weighted by atomic mass is 9.92. The highest BCUT2D eigenvalue weighted by atomic mass is 79.9. The van der Waals surface area contributed by atoms with Crippen molar-refractivity contribution in [3.8, 4) is 0 Å². The number of carbonyl (C=O) groups is 1. The molecule has 0 radical (unpaired) electrons. The summed E-state index contributed by atoms with van der Waals surface area (Å²) < 4.78 is 6.22. The molecular weight excluding hydrogens is 286 g/mol. The van der Waals surface area contributed by atoms with Crippen LogP contribution < -0.4 is 0 Å². The van der Waals surface area contributed by atoms with E-state index in [2.05, 4.69) is 20.8 Å². The van der Waals surface area contributed by atoms with Crippen LogP contribution in [-0.4, -0.2) is 29.1 Å². The second-order valence-electron chi connectivity index (χ2n) is 4.64. The van der Waals surface area contributed by atoms with Crippen molar-refractivity contribution in [3.63, 3.8) is 0 Å².